The summed E-state index contributed by atoms with van der Waals surface area (Å²) in [5.74, 6) is 5.57. The van der Waals surface area contributed by atoms with E-state index in [0.717, 1.165) is 40.5 Å². The number of ether oxygens (including phenoxy) is 1. The van der Waals surface area contributed by atoms with Gasteiger partial charge in [-0.3, -0.25) is 4.79 Å². The lowest BCUT2D eigenvalue weighted by molar-refractivity contribution is -0.151. The van der Waals surface area contributed by atoms with Crippen molar-refractivity contribution in [2.75, 3.05) is 26.7 Å². The zero-order chi connectivity index (χ0) is 23.6. The second-order valence-corrected chi connectivity index (χ2v) is 9.38. The molecule has 1 fully saturated rings. The number of carbonyl (C=O) groups excluding carboxylic acids is 1. The van der Waals surface area contributed by atoms with Crippen LogP contribution in [0.25, 0.3) is 11.8 Å². The van der Waals surface area contributed by atoms with E-state index in [1.807, 2.05) is 6.08 Å². The highest BCUT2D eigenvalue weighted by molar-refractivity contribution is 8.00. The summed E-state index contributed by atoms with van der Waals surface area (Å²) in [4.78, 5) is 13.1. The molecule has 0 radical (unpaired) electrons. The van der Waals surface area contributed by atoms with Gasteiger partial charge in [-0.1, -0.05) is 6.92 Å². The molecular formula is C23H29FN6O2S. The number of esters is 1. The predicted octanol–water partition coefficient (Wildman–Crippen LogP) is 2.81. The molecule has 8 nitrogen and oxygen atoms in total. The molecule has 176 valence electrons. The van der Waals surface area contributed by atoms with Gasteiger partial charge in [0, 0.05) is 25.8 Å². The molecule has 0 amide bonds. The quantitative estimate of drug-likeness (QED) is 0.275. The number of fused-ring (bicyclic) bond motifs is 2. The van der Waals surface area contributed by atoms with Gasteiger partial charge in [-0.25, -0.2) is 19.2 Å². The Labute approximate surface area is 197 Å². The SMILES string of the molecule is CCCN(N)/C(=C\N)SN1CCC2=Cc3c(cnn3-c3ccc(F)cc3)CC2(C(=O)OC)C1. The van der Waals surface area contributed by atoms with E-state index in [0.29, 0.717) is 25.9 Å². The van der Waals surface area contributed by atoms with Crippen LogP contribution in [0, 0.1) is 11.2 Å². The minimum Gasteiger partial charge on any atom is -0.468 e. The van der Waals surface area contributed by atoms with Gasteiger partial charge in [0.15, 0.2) is 0 Å². The first-order valence-electron chi connectivity index (χ1n) is 10.9. The van der Waals surface area contributed by atoms with Gasteiger partial charge in [0.2, 0.25) is 0 Å². The molecule has 4 rings (SSSR count). The smallest absolute Gasteiger partial charge is 0.317 e. The average molecular weight is 473 g/mol. The molecule has 2 aliphatic rings. The molecule has 1 aromatic carbocycles. The number of nitrogens with two attached hydrogens (primary N) is 2. The molecule has 33 heavy (non-hydrogen) atoms. The number of rotatable bonds is 7. The number of benzene rings is 1. The van der Waals surface area contributed by atoms with Crippen molar-refractivity contribution in [1.29, 1.82) is 0 Å². The molecule has 2 heterocycles. The fraction of sp³-hybridized carbons (Fsp3) is 0.391. The van der Waals surface area contributed by atoms with Gasteiger partial charge in [0.05, 0.1) is 24.7 Å². The first-order chi connectivity index (χ1) is 15.9. The number of methoxy groups -OCH3 is 1. The van der Waals surface area contributed by atoms with Gasteiger partial charge in [-0.15, -0.1) is 0 Å². The monoisotopic (exact) mass is 472 g/mol. The van der Waals surface area contributed by atoms with E-state index in [4.69, 9.17) is 16.3 Å². The third kappa shape index (κ3) is 4.38. The van der Waals surface area contributed by atoms with Crippen LogP contribution in [0.15, 0.2) is 47.3 Å². The largest absolute Gasteiger partial charge is 0.468 e. The van der Waals surface area contributed by atoms with E-state index in [1.54, 1.807) is 28.0 Å². The van der Waals surface area contributed by atoms with Crippen molar-refractivity contribution in [3.05, 3.63) is 64.3 Å². The molecule has 1 aromatic heterocycles. The van der Waals surface area contributed by atoms with Gasteiger partial charge in [0.25, 0.3) is 0 Å². The summed E-state index contributed by atoms with van der Waals surface area (Å²) in [6.45, 7) is 3.93. The lowest BCUT2D eigenvalue weighted by Crippen LogP contribution is -2.50. The maximum atomic E-state index is 13.4. The van der Waals surface area contributed by atoms with Gasteiger partial charge in [-0.2, -0.15) is 5.10 Å². The van der Waals surface area contributed by atoms with Crippen LogP contribution in [0.2, 0.25) is 0 Å². The molecule has 1 aliphatic heterocycles. The molecular weight excluding hydrogens is 443 g/mol. The van der Waals surface area contributed by atoms with Crippen molar-refractivity contribution in [2.45, 2.75) is 26.2 Å². The molecule has 10 heteroatoms. The summed E-state index contributed by atoms with van der Waals surface area (Å²) in [7, 11) is 1.42. The van der Waals surface area contributed by atoms with Gasteiger partial charge >= 0.3 is 5.97 Å². The number of hydrogen-bond donors (Lipinski definition) is 2. The fourth-order valence-electron chi connectivity index (χ4n) is 4.51. The Morgan fingerprint density at radius 2 is 2.15 bits per heavy atom. The fourth-order valence-corrected chi connectivity index (χ4v) is 5.50. The van der Waals surface area contributed by atoms with E-state index in [-0.39, 0.29) is 11.8 Å². The minimum atomic E-state index is -0.812. The van der Waals surface area contributed by atoms with Crippen LogP contribution >= 0.6 is 11.9 Å². The van der Waals surface area contributed by atoms with Crippen LogP contribution in [0.5, 0.6) is 0 Å². The predicted molar refractivity (Wildman–Crippen MR) is 127 cm³/mol. The zero-order valence-corrected chi connectivity index (χ0v) is 19.6. The highest BCUT2D eigenvalue weighted by atomic mass is 32.2. The Hall–Kier alpha value is -2.82. The Morgan fingerprint density at radius 3 is 2.82 bits per heavy atom. The van der Waals surface area contributed by atoms with E-state index in [9.17, 15) is 9.18 Å². The highest BCUT2D eigenvalue weighted by Crippen LogP contribution is 2.47. The van der Waals surface area contributed by atoms with Crippen molar-refractivity contribution < 1.29 is 13.9 Å². The molecule has 0 spiro atoms. The number of nitrogens with zero attached hydrogens (tertiary/aromatic N) is 4. The van der Waals surface area contributed by atoms with Crippen molar-refractivity contribution >= 4 is 24.0 Å². The number of halogens is 1. The number of piperidine rings is 1. The number of hydrazine groups is 1. The van der Waals surface area contributed by atoms with Gasteiger partial charge in [0.1, 0.15) is 16.3 Å². The van der Waals surface area contributed by atoms with Crippen LogP contribution in [0.4, 0.5) is 4.39 Å². The van der Waals surface area contributed by atoms with Crippen molar-refractivity contribution in [3.8, 4) is 5.69 Å². The Bertz CT molecular complexity index is 1080. The van der Waals surface area contributed by atoms with Crippen LogP contribution in [0.1, 0.15) is 31.0 Å². The molecule has 1 unspecified atom stereocenters. The molecule has 2 aromatic rings. The molecule has 0 saturated carbocycles. The zero-order valence-electron chi connectivity index (χ0n) is 18.8. The molecule has 0 bridgehead atoms. The third-order valence-corrected chi connectivity index (χ3v) is 7.27. The second-order valence-electron chi connectivity index (χ2n) is 8.27. The number of aromatic nitrogens is 2. The standard InChI is InChI=1S/C23H29FN6O2S/c1-3-9-29(26)21(13-25)33-28-10-8-17-11-20-16(12-23(17,15-28)22(31)32-2)14-27-30(20)19-6-4-18(24)5-7-19/h4-7,11,13-14H,3,8-10,12,15,25-26H2,1-2H3/b21-13+. The normalized spacial score (nSPS) is 20.6. The minimum absolute atomic E-state index is 0.268. The van der Waals surface area contributed by atoms with E-state index < -0.39 is 5.41 Å². The maximum Gasteiger partial charge on any atom is 0.317 e. The van der Waals surface area contributed by atoms with Crippen LogP contribution in [-0.2, 0) is 16.0 Å². The molecule has 1 saturated heterocycles. The summed E-state index contributed by atoms with van der Waals surface area (Å²) >= 11 is 1.46. The molecule has 1 atom stereocenters. The van der Waals surface area contributed by atoms with Crippen molar-refractivity contribution in [2.24, 2.45) is 17.0 Å². The first-order valence-corrected chi connectivity index (χ1v) is 11.7. The van der Waals surface area contributed by atoms with Gasteiger partial charge < -0.3 is 15.5 Å². The summed E-state index contributed by atoms with van der Waals surface area (Å²) < 4.78 is 22.6. The Kier molecular flexibility index (Phi) is 6.78. The van der Waals surface area contributed by atoms with Crippen molar-refractivity contribution in [3.63, 3.8) is 0 Å². The van der Waals surface area contributed by atoms with Crippen LogP contribution < -0.4 is 11.6 Å². The van der Waals surface area contributed by atoms with E-state index in [2.05, 4.69) is 16.3 Å². The number of hydrogen-bond acceptors (Lipinski definition) is 8. The Morgan fingerprint density at radius 1 is 1.39 bits per heavy atom. The average Bonchev–Trinajstić information content (AvgIpc) is 3.23. The second kappa shape index (κ2) is 9.58. The third-order valence-electron chi connectivity index (χ3n) is 6.14. The van der Waals surface area contributed by atoms with Gasteiger partial charge in [-0.05, 0) is 72.7 Å². The maximum absolute atomic E-state index is 13.4. The number of carbonyl (C=O) groups is 1. The van der Waals surface area contributed by atoms with Crippen LogP contribution in [0.3, 0.4) is 0 Å². The molecule has 4 N–H and O–H groups in total. The van der Waals surface area contributed by atoms with Crippen molar-refractivity contribution in [1.82, 2.24) is 19.1 Å². The topological polar surface area (TPSA) is 103 Å². The Balaban J connectivity index is 1.65. The lowest BCUT2D eigenvalue weighted by Gasteiger charge is -2.44. The summed E-state index contributed by atoms with van der Waals surface area (Å²) in [6, 6.07) is 6.21. The summed E-state index contributed by atoms with van der Waals surface area (Å²) in [5, 5.41) is 6.90. The summed E-state index contributed by atoms with van der Waals surface area (Å²) in [5.41, 5.74) is 8.66. The lowest BCUT2D eigenvalue weighted by atomic mass is 9.69. The van der Waals surface area contributed by atoms with E-state index >= 15 is 0 Å². The van der Waals surface area contributed by atoms with E-state index in [1.165, 1.54) is 37.4 Å². The molecule has 1 aliphatic carbocycles. The first kappa shape index (κ1) is 23.3. The summed E-state index contributed by atoms with van der Waals surface area (Å²) in [6.07, 6.45) is 7.38. The highest BCUT2D eigenvalue weighted by Gasteiger charge is 2.50. The van der Waals surface area contributed by atoms with Crippen LogP contribution in [-0.4, -0.2) is 51.8 Å².